The van der Waals surface area contributed by atoms with Gasteiger partial charge in [0.25, 0.3) is 0 Å². The number of benzene rings is 2. The Labute approximate surface area is 251 Å². The molecule has 6 rings (SSSR count). The topological polar surface area (TPSA) is 84.2 Å². The molecule has 42 heavy (non-hydrogen) atoms. The summed E-state index contributed by atoms with van der Waals surface area (Å²) in [5, 5.41) is 10.7. The van der Waals surface area contributed by atoms with Gasteiger partial charge in [0.2, 0.25) is 17.0 Å². The Morgan fingerprint density at radius 3 is 2.60 bits per heavy atom. The van der Waals surface area contributed by atoms with Crippen molar-refractivity contribution in [3.05, 3.63) is 59.7 Å². The highest BCUT2D eigenvalue weighted by atomic mass is 32.2. The van der Waals surface area contributed by atoms with Crippen LogP contribution in [0.25, 0.3) is 22.1 Å². The van der Waals surface area contributed by atoms with Crippen molar-refractivity contribution in [2.75, 3.05) is 25.4 Å². The van der Waals surface area contributed by atoms with Gasteiger partial charge >= 0.3 is 0 Å². The normalized spacial score (nSPS) is 18.2. The predicted octanol–water partition coefficient (Wildman–Crippen LogP) is 5.85. The third-order valence-electron chi connectivity index (χ3n) is 8.77. The second kappa shape index (κ2) is 12.8. The SMILES string of the molecule is Cc1ccc2c(c1)c1nnc(SCCCC(=O)N3CCN(C(=O)C4CCCCC4)C(C)C3)nc1n2Cc1ccccc1. The number of aromatic nitrogens is 4. The van der Waals surface area contributed by atoms with Crippen molar-refractivity contribution < 1.29 is 9.59 Å². The lowest BCUT2D eigenvalue weighted by atomic mass is 9.88. The molecule has 2 amide bonds. The standard InChI is InChI=1S/C33H40N6O2S/c1-23-15-16-28-27(20-23)30-31(39(28)22-25-10-5-3-6-11-25)34-33(36-35-30)42-19-9-14-29(40)37-17-18-38(24(2)21-37)32(41)26-12-7-4-8-13-26/h3,5-6,10-11,15-16,20,24,26H,4,7-9,12-14,17-19,21-22H2,1-2H3. The molecule has 0 bridgehead atoms. The van der Waals surface area contributed by atoms with Gasteiger partial charge in [0.1, 0.15) is 5.52 Å². The van der Waals surface area contributed by atoms with E-state index in [1.807, 2.05) is 15.9 Å². The number of fused-ring (bicyclic) bond motifs is 3. The lowest BCUT2D eigenvalue weighted by Gasteiger charge is -2.41. The lowest BCUT2D eigenvalue weighted by Crippen LogP contribution is -2.56. The van der Waals surface area contributed by atoms with Crippen LogP contribution in [0.15, 0.2) is 53.7 Å². The molecule has 2 fully saturated rings. The number of thioether (sulfide) groups is 1. The molecule has 4 aromatic rings. The van der Waals surface area contributed by atoms with Crippen molar-refractivity contribution in [2.45, 2.75) is 76.5 Å². The molecule has 2 aliphatic rings. The highest BCUT2D eigenvalue weighted by Gasteiger charge is 2.33. The highest BCUT2D eigenvalue weighted by Crippen LogP contribution is 2.30. The molecule has 9 heteroatoms. The summed E-state index contributed by atoms with van der Waals surface area (Å²) >= 11 is 1.55. The van der Waals surface area contributed by atoms with Gasteiger partial charge in [-0.2, -0.15) is 0 Å². The second-order valence-corrected chi connectivity index (χ2v) is 12.9. The first-order chi connectivity index (χ1) is 20.5. The monoisotopic (exact) mass is 584 g/mol. The number of amides is 2. The average molecular weight is 585 g/mol. The summed E-state index contributed by atoms with van der Waals surface area (Å²) in [6.07, 6.45) is 6.83. The van der Waals surface area contributed by atoms with Gasteiger partial charge < -0.3 is 14.4 Å². The molecule has 220 valence electrons. The molecule has 1 atom stereocenters. The van der Waals surface area contributed by atoms with Crippen LogP contribution in [0.4, 0.5) is 0 Å². The van der Waals surface area contributed by atoms with Crippen LogP contribution >= 0.6 is 11.8 Å². The number of carbonyl (C=O) groups excluding carboxylic acids is 2. The molecule has 1 aliphatic heterocycles. The van der Waals surface area contributed by atoms with Crippen LogP contribution in [-0.4, -0.2) is 72.8 Å². The van der Waals surface area contributed by atoms with E-state index in [1.165, 1.54) is 17.5 Å². The van der Waals surface area contributed by atoms with Crippen LogP contribution < -0.4 is 0 Å². The largest absolute Gasteiger partial charge is 0.339 e. The molecule has 0 spiro atoms. The number of aryl methyl sites for hydroxylation is 1. The zero-order valence-electron chi connectivity index (χ0n) is 24.7. The molecule has 8 nitrogen and oxygen atoms in total. The average Bonchev–Trinajstić information content (AvgIpc) is 3.31. The third-order valence-corrected chi connectivity index (χ3v) is 9.69. The number of nitrogens with zero attached hydrogens (tertiary/aromatic N) is 6. The minimum atomic E-state index is 0.0733. The molecule has 1 unspecified atom stereocenters. The van der Waals surface area contributed by atoms with Gasteiger partial charge in [-0.05, 0) is 50.8 Å². The lowest BCUT2D eigenvalue weighted by molar-refractivity contribution is -0.146. The van der Waals surface area contributed by atoms with Crippen molar-refractivity contribution in [3.8, 4) is 0 Å². The summed E-state index contributed by atoms with van der Waals surface area (Å²) in [5.74, 6) is 1.39. The molecule has 2 aromatic carbocycles. The number of piperazine rings is 1. The summed E-state index contributed by atoms with van der Waals surface area (Å²) in [6.45, 7) is 6.77. The van der Waals surface area contributed by atoms with Crippen LogP contribution in [0.3, 0.4) is 0 Å². The number of rotatable bonds is 8. The van der Waals surface area contributed by atoms with Crippen molar-refractivity contribution in [1.29, 1.82) is 0 Å². The molecular formula is C33H40N6O2S. The maximum atomic E-state index is 13.0. The molecule has 3 heterocycles. The molecule has 1 aliphatic carbocycles. The van der Waals surface area contributed by atoms with E-state index < -0.39 is 0 Å². The Balaban J connectivity index is 1.06. The summed E-state index contributed by atoms with van der Waals surface area (Å²) in [4.78, 5) is 35.0. The van der Waals surface area contributed by atoms with E-state index in [0.29, 0.717) is 43.7 Å². The Kier molecular flexibility index (Phi) is 8.74. The Hall–Kier alpha value is -3.46. The minimum absolute atomic E-state index is 0.0733. The number of hydrogen-bond acceptors (Lipinski definition) is 6. The molecular weight excluding hydrogens is 544 g/mol. The van der Waals surface area contributed by atoms with Gasteiger partial charge in [-0.15, -0.1) is 10.2 Å². The first-order valence-electron chi connectivity index (χ1n) is 15.4. The molecule has 1 saturated carbocycles. The predicted molar refractivity (Wildman–Crippen MR) is 167 cm³/mol. The maximum absolute atomic E-state index is 13.0. The summed E-state index contributed by atoms with van der Waals surface area (Å²) in [6, 6.07) is 16.9. The van der Waals surface area contributed by atoms with E-state index in [1.54, 1.807) is 11.8 Å². The first-order valence-corrected chi connectivity index (χ1v) is 16.3. The smallest absolute Gasteiger partial charge is 0.226 e. The van der Waals surface area contributed by atoms with Gasteiger partial charge in [-0.3, -0.25) is 9.59 Å². The van der Waals surface area contributed by atoms with E-state index in [2.05, 4.69) is 71.1 Å². The van der Waals surface area contributed by atoms with Crippen molar-refractivity contribution >= 4 is 45.6 Å². The third kappa shape index (κ3) is 6.16. The summed E-state index contributed by atoms with van der Waals surface area (Å²) in [7, 11) is 0. The van der Waals surface area contributed by atoms with Crippen LogP contribution in [-0.2, 0) is 16.1 Å². The van der Waals surface area contributed by atoms with Gasteiger partial charge in [0, 0.05) is 55.7 Å². The zero-order valence-corrected chi connectivity index (χ0v) is 25.5. The van der Waals surface area contributed by atoms with Gasteiger partial charge in [-0.25, -0.2) is 4.98 Å². The molecule has 1 saturated heterocycles. The van der Waals surface area contributed by atoms with Crippen molar-refractivity contribution in [1.82, 2.24) is 29.5 Å². The van der Waals surface area contributed by atoms with E-state index >= 15 is 0 Å². The summed E-state index contributed by atoms with van der Waals surface area (Å²) < 4.78 is 2.22. The molecule has 0 radical (unpaired) electrons. The van der Waals surface area contributed by atoms with Crippen LogP contribution in [0.2, 0.25) is 0 Å². The van der Waals surface area contributed by atoms with Crippen LogP contribution in [0.1, 0.15) is 63.0 Å². The quantitative estimate of drug-likeness (QED) is 0.191. The van der Waals surface area contributed by atoms with Gasteiger partial charge in [0.05, 0.1) is 5.52 Å². The van der Waals surface area contributed by atoms with E-state index in [9.17, 15) is 9.59 Å². The second-order valence-electron chi connectivity index (χ2n) is 11.9. The van der Waals surface area contributed by atoms with Gasteiger partial charge in [-0.1, -0.05) is 73.0 Å². The molecule has 0 N–H and O–H groups in total. The van der Waals surface area contributed by atoms with E-state index in [-0.39, 0.29) is 17.9 Å². The number of carbonyl (C=O) groups is 2. The first kappa shape index (κ1) is 28.6. The van der Waals surface area contributed by atoms with Crippen LogP contribution in [0.5, 0.6) is 0 Å². The van der Waals surface area contributed by atoms with Crippen LogP contribution in [0, 0.1) is 12.8 Å². The molecule has 2 aromatic heterocycles. The van der Waals surface area contributed by atoms with Gasteiger partial charge in [0.15, 0.2) is 5.65 Å². The van der Waals surface area contributed by atoms with E-state index in [0.717, 1.165) is 59.9 Å². The minimum Gasteiger partial charge on any atom is -0.339 e. The van der Waals surface area contributed by atoms with Crippen molar-refractivity contribution in [3.63, 3.8) is 0 Å². The summed E-state index contributed by atoms with van der Waals surface area (Å²) in [5.41, 5.74) is 5.14. The maximum Gasteiger partial charge on any atom is 0.226 e. The zero-order chi connectivity index (χ0) is 29.1. The Morgan fingerprint density at radius 1 is 1.00 bits per heavy atom. The van der Waals surface area contributed by atoms with Crippen molar-refractivity contribution in [2.24, 2.45) is 5.92 Å². The highest BCUT2D eigenvalue weighted by molar-refractivity contribution is 7.99. The fraction of sp³-hybridized carbons (Fsp3) is 0.485. The Bertz CT molecular complexity index is 1570. The fourth-order valence-corrected chi connectivity index (χ4v) is 7.20. The number of hydrogen-bond donors (Lipinski definition) is 0. The van der Waals surface area contributed by atoms with E-state index in [4.69, 9.17) is 4.98 Å². The fourth-order valence-electron chi connectivity index (χ4n) is 6.48. The Morgan fingerprint density at radius 2 is 1.81 bits per heavy atom.